The minimum absolute atomic E-state index is 0.329. The predicted octanol–water partition coefficient (Wildman–Crippen LogP) is 1.40. The van der Waals surface area contributed by atoms with Crippen molar-refractivity contribution >= 4 is 29.6 Å². The third kappa shape index (κ3) is 4.94. The van der Waals surface area contributed by atoms with E-state index in [9.17, 15) is 5.02 Å². The summed E-state index contributed by atoms with van der Waals surface area (Å²) in [4.78, 5) is 4.47. The molecule has 4 nitrogen and oxygen atoms in total. The van der Waals surface area contributed by atoms with Crippen molar-refractivity contribution in [3.8, 4) is 5.75 Å². The Morgan fingerprint density at radius 3 is 2.42 bits per heavy atom. The summed E-state index contributed by atoms with van der Waals surface area (Å²) in [5.74, 6) is 0.933. The number of halogens is 1. The second-order valence-electron chi connectivity index (χ2n) is 4.81. The molecule has 0 aliphatic carbocycles. The Balaban J connectivity index is 1.65. The molecule has 1 aliphatic rings. The van der Waals surface area contributed by atoms with Crippen LogP contribution in [0.5, 0.6) is 5.75 Å². The first-order valence-corrected chi connectivity index (χ1v) is 7.76. The van der Waals surface area contributed by atoms with E-state index in [4.69, 9.17) is 4.74 Å². The maximum Gasteiger partial charge on any atom is 0.376 e. The zero-order valence-corrected chi connectivity index (χ0v) is 13.4. The van der Waals surface area contributed by atoms with E-state index in [0.717, 1.165) is 45.1 Å². The summed E-state index contributed by atoms with van der Waals surface area (Å²) in [6, 6.07) is 8.12. The van der Waals surface area contributed by atoms with Crippen molar-refractivity contribution in [3.63, 3.8) is 0 Å². The Morgan fingerprint density at radius 2 is 1.84 bits per heavy atom. The van der Waals surface area contributed by atoms with E-state index in [1.54, 1.807) is 0 Å². The van der Waals surface area contributed by atoms with Gasteiger partial charge in [-0.15, -0.1) is 0 Å². The van der Waals surface area contributed by atoms with Crippen LogP contribution < -0.4 is 4.74 Å². The number of nitrogens with zero attached hydrogens (tertiary/aromatic N) is 2. The molecule has 104 valence electrons. The molecule has 1 saturated heterocycles. The van der Waals surface area contributed by atoms with E-state index in [1.807, 2.05) is 19.0 Å². The van der Waals surface area contributed by atoms with E-state index in [-0.39, 0.29) is 7.05 Å². The zero-order valence-electron chi connectivity index (χ0n) is 11.3. The second kappa shape index (κ2) is 7.47. The van der Waals surface area contributed by atoms with Gasteiger partial charge in [0.1, 0.15) is 12.4 Å². The number of rotatable bonds is 5. The summed E-state index contributed by atoms with van der Waals surface area (Å²) >= 11 is 2.29. The van der Waals surface area contributed by atoms with E-state index in [1.165, 1.54) is 3.57 Å². The van der Waals surface area contributed by atoms with Crippen molar-refractivity contribution in [1.29, 1.82) is 0 Å². The highest BCUT2D eigenvalue weighted by Crippen LogP contribution is 2.13. The topological polar surface area (TPSA) is 35.9 Å². The lowest BCUT2D eigenvalue weighted by atomic mass is 9.84. The molecule has 0 unspecified atom stereocenters. The smallest absolute Gasteiger partial charge is 0.376 e. The van der Waals surface area contributed by atoms with Gasteiger partial charge in [0.25, 0.3) is 0 Å². The molecule has 19 heavy (non-hydrogen) atoms. The number of hydrogen-bond donors (Lipinski definition) is 1. The van der Waals surface area contributed by atoms with Gasteiger partial charge in [-0.3, -0.25) is 4.90 Å². The number of piperazine rings is 1. The van der Waals surface area contributed by atoms with Gasteiger partial charge in [0.2, 0.25) is 0 Å². The zero-order chi connectivity index (χ0) is 13.7. The molecule has 0 radical (unpaired) electrons. The van der Waals surface area contributed by atoms with Gasteiger partial charge >= 0.3 is 7.05 Å². The second-order valence-corrected chi connectivity index (χ2v) is 6.06. The fourth-order valence-corrected chi connectivity index (χ4v) is 2.54. The summed E-state index contributed by atoms with van der Waals surface area (Å²) < 4.78 is 6.95. The van der Waals surface area contributed by atoms with E-state index < -0.39 is 0 Å². The Bertz CT molecular complexity index is 381. The van der Waals surface area contributed by atoms with Crippen LogP contribution in [-0.4, -0.2) is 61.1 Å². The maximum absolute atomic E-state index is 9.49. The highest BCUT2D eigenvalue weighted by molar-refractivity contribution is 14.1. The lowest BCUT2D eigenvalue weighted by molar-refractivity contribution is 0.150. The molecule has 1 fully saturated rings. The van der Waals surface area contributed by atoms with Crippen LogP contribution in [-0.2, 0) is 0 Å². The Labute approximate surface area is 129 Å². The highest BCUT2D eigenvalue weighted by Gasteiger charge is 2.21. The van der Waals surface area contributed by atoms with Crippen molar-refractivity contribution in [2.45, 2.75) is 6.82 Å². The first-order chi connectivity index (χ1) is 9.15. The van der Waals surface area contributed by atoms with E-state index in [0.29, 0.717) is 0 Å². The Hall–Kier alpha value is -0.305. The molecule has 0 bridgehead atoms. The molecule has 1 N–H and O–H groups in total. The van der Waals surface area contributed by atoms with Gasteiger partial charge in [-0.05, 0) is 53.7 Å². The average Bonchev–Trinajstić information content (AvgIpc) is 2.41. The van der Waals surface area contributed by atoms with Crippen molar-refractivity contribution in [2.24, 2.45) is 0 Å². The summed E-state index contributed by atoms with van der Waals surface area (Å²) in [5, 5.41) is 9.49. The summed E-state index contributed by atoms with van der Waals surface area (Å²) in [7, 11) is -0.329. The molecule has 1 aromatic carbocycles. The van der Waals surface area contributed by atoms with Crippen molar-refractivity contribution in [1.82, 2.24) is 9.71 Å². The van der Waals surface area contributed by atoms with Gasteiger partial charge in [0.15, 0.2) is 0 Å². The van der Waals surface area contributed by atoms with Gasteiger partial charge in [0, 0.05) is 36.3 Å². The van der Waals surface area contributed by atoms with Gasteiger partial charge < -0.3 is 14.6 Å². The molecule has 2 rings (SSSR count). The van der Waals surface area contributed by atoms with Crippen LogP contribution in [0.1, 0.15) is 0 Å². The van der Waals surface area contributed by atoms with Crippen LogP contribution in [0.4, 0.5) is 0 Å². The van der Waals surface area contributed by atoms with Gasteiger partial charge in [-0.25, -0.2) is 0 Å². The maximum atomic E-state index is 9.49. The van der Waals surface area contributed by atoms with Crippen molar-refractivity contribution in [3.05, 3.63) is 27.8 Å². The molecular weight excluding hydrogens is 354 g/mol. The Morgan fingerprint density at radius 1 is 1.21 bits per heavy atom. The molecule has 0 aromatic heterocycles. The van der Waals surface area contributed by atoms with Gasteiger partial charge in [0.05, 0.1) is 0 Å². The van der Waals surface area contributed by atoms with Crippen molar-refractivity contribution < 1.29 is 9.76 Å². The van der Waals surface area contributed by atoms with Crippen molar-refractivity contribution in [2.75, 3.05) is 39.3 Å². The van der Waals surface area contributed by atoms with Crippen LogP contribution in [0.25, 0.3) is 0 Å². The summed E-state index contributed by atoms with van der Waals surface area (Å²) in [6.07, 6.45) is 0. The highest BCUT2D eigenvalue weighted by atomic mass is 127. The third-order valence-electron chi connectivity index (χ3n) is 3.43. The monoisotopic (exact) mass is 374 g/mol. The fourth-order valence-electron chi connectivity index (χ4n) is 2.18. The van der Waals surface area contributed by atoms with Crippen LogP contribution in [0.15, 0.2) is 24.3 Å². The average molecular weight is 374 g/mol. The molecule has 1 heterocycles. The minimum Gasteiger partial charge on any atom is -0.492 e. The largest absolute Gasteiger partial charge is 0.492 e. The molecule has 0 atom stereocenters. The third-order valence-corrected chi connectivity index (χ3v) is 4.14. The summed E-state index contributed by atoms with van der Waals surface area (Å²) in [6.45, 7) is 7.36. The first-order valence-electron chi connectivity index (χ1n) is 6.68. The SMILES string of the molecule is CB(O)N1CCN(CCOc2ccc(I)cc2)CC1. The van der Waals surface area contributed by atoms with E-state index >= 15 is 0 Å². The number of benzene rings is 1. The molecule has 0 saturated carbocycles. The normalized spacial score (nSPS) is 17.4. The van der Waals surface area contributed by atoms with Gasteiger partial charge in [-0.1, -0.05) is 0 Å². The van der Waals surface area contributed by atoms with E-state index in [2.05, 4.69) is 44.4 Å². The van der Waals surface area contributed by atoms with Crippen LogP contribution >= 0.6 is 22.6 Å². The van der Waals surface area contributed by atoms with Crippen LogP contribution in [0.2, 0.25) is 6.82 Å². The predicted molar refractivity (Wildman–Crippen MR) is 86.5 cm³/mol. The van der Waals surface area contributed by atoms with Gasteiger partial charge in [-0.2, -0.15) is 0 Å². The lowest BCUT2D eigenvalue weighted by Gasteiger charge is -2.35. The quantitative estimate of drug-likeness (QED) is 0.625. The van der Waals surface area contributed by atoms with Crippen LogP contribution in [0.3, 0.4) is 0 Å². The molecular formula is C13H20BIN2O2. The Kier molecular flexibility index (Phi) is 5.93. The minimum atomic E-state index is -0.329. The molecule has 1 aliphatic heterocycles. The number of hydrogen-bond acceptors (Lipinski definition) is 4. The first kappa shape index (κ1) is 15.1. The fraction of sp³-hybridized carbons (Fsp3) is 0.538. The molecule has 0 amide bonds. The lowest BCUT2D eigenvalue weighted by Crippen LogP contribution is -2.52. The summed E-state index contributed by atoms with van der Waals surface area (Å²) in [5.41, 5.74) is 0. The van der Waals surface area contributed by atoms with Crippen LogP contribution in [0, 0.1) is 3.57 Å². The molecule has 6 heteroatoms. The number of ether oxygens (including phenoxy) is 1. The molecule has 0 spiro atoms. The molecule has 1 aromatic rings. The standard InChI is InChI=1S/C13H20BIN2O2/c1-14(18)17-8-6-16(7-9-17)10-11-19-13-4-2-12(15)3-5-13/h2-5,18H,6-11H2,1H3.